The first kappa shape index (κ1) is 14.5. The zero-order valence-electron chi connectivity index (χ0n) is 12.5. The molecule has 1 heterocycles. The number of rotatable bonds is 3. The van der Waals surface area contributed by atoms with Gasteiger partial charge in [0, 0.05) is 12.8 Å². The Hall–Kier alpha value is -1.39. The van der Waals surface area contributed by atoms with Crippen LogP contribution in [0, 0.1) is 5.41 Å². The number of hydrogen-bond donors (Lipinski definition) is 0. The number of carbonyl (C=O) groups is 1. The summed E-state index contributed by atoms with van der Waals surface area (Å²) in [4.78, 5) is 12.4. The van der Waals surface area contributed by atoms with E-state index < -0.39 is 11.2 Å². The Morgan fingerprint density at radius 1 is 1.10 bits per heavy atom. The summed E-state index contributed by atoms with van der Waals surface area (Å²) in [7, 11) is 1.47. The first-order chi connectivity index (χ1) is 10.2. The van der Waals surface area contributed by atoms with Crippen LogP contribution in [0.5, 0.6) is 0 Å². The van der Waals surface area contributed by atoms with Crippen LogP contribution in [-0.4, -0.2) is 32.1 Å². The standard InChI is InChI=1S/C17H22O4/c1-19-15(18)16(13-14-5-3-2-4-6-14)7-9-17(10-8-16)20-11-12-21-17/h2-6H,7-13H2,1H3. The van der Waals surface area contributed by atoms with Gasteiger partial charge in [0.15, 0.2) is 5.79 Å². The highest BCUT2D eigenvalue weighted by Gasteiger charge is 2.50. The summed E-state index contributed by atoms with van der Waals surface area (Å²) in [6.07, 6.45) is 3.73. The highest BCUT2D eigenvalue weighted by Crippen LogP contribution is 2.47. The fourth-order valence-electron chi connectivity index (χ4n) is 3.55. The molecule has 0 bridgehead atoms. The van der Waals surface area contributed by atoms with E-state index in [0.29, 0.717) is 13.2 Å². The Morgan fingerprint density at radius 2 is 1.71 bits per heavy atom. The molecule has 1 spiro atoms. The Balaban J connectivity index is 1.77. The van der Waals surface area contributed by atoms with Gasteiger partial charge >= 0.3 is 5.97 Å². The SMILES string of the molecule is COC(=O)C1(Cc2ccccc2)CCC2(CC1)OCCO2. The number of hydrogen-bond acceptors (Lipinski definition) is 4. The van der Waals surface area contributed by atoms with Crippen LogP contribution >= 0.6 is 0 Å². The molecule has 21 heavy (non-hydrogen) atoms. The van der Waals surface area contributed by atoms with Crippen LogP contribution in [0.1, 0.15) is 31.2 Å². The number of esters is 1. The second-order valence-electron chi connectivity index (χ2n) is 6.04. The van der Waals surface area contributed by atoms with Gasteiger partial charge in [-0.2, -0.15) is 0 Å². The van der Waals surface area contributed by atoms with Crippen molar-refractivity contribution in [3.05, 3.63) is 35.9 Å². The Labute approximate surface area is 125 Å². The van der Waals surface area contributed by atoms with E-state index in [4.69, 9.17) is 14.2 Å². The lowest BCUT2D eigenvalue weighted by Crippen LogP contribution is -2.45. The van der Waals surface area contributed by atoms with Crippen molar-refractivity contribution in [2.45, 2.75) is 37.9 Å². The highest BCUT2D eigenvalue weighted by molar-refractivity contribution is 5.77. The van der Waals surface area contributed by atoms with Gasteiger partial charge in [-0.15, -0.1) is 0 Å². The Kier molecular flexibility index (Phi) is 4.00. The molecule has 1 aromatic rings. The van der Waals surface area contributed by atoms with Crippen molar-refractivity contribution in [2.24, 2.45) is 5.41 Å². The molecule has 3 rings (SSSR count). The molecular formula is C17H22O4. The van der Waals surface area contributed by atoms with Crippen molar-refractivity contribution in [1.82, 2.24) is 0 Å². The zero-order chi connectivity index (χ0) is 14.8. The van der Waals surface area contributed by atoms with Gasteiger partial charge in [0.1, 0.15) is 0 Å². The van der Waals surface area contributed by atoms with Crippen LogP contribution in [0.4, 0.5) is 0 Å². The summed E-state index contributed by atoms with van der Waals surface area (Å²) in [6, 6.07) is 10.1. The topological polar surface area (TPSA) is 44.8 Å². The van der Waals surface area contributed by atoms with E-state index in [-0.39, 0.29) is 5.97 Å². The maximum absolute atomic E-state index is 12.4. The minimum absolute atomic E-state index is 0.112. The van der Waals surface area contributed by atoms with Crippen molar-refractivity contribution >= 4 is 5.97 Å². The van der Waals surface area contributed by atoms with Crippen molar-refractivity contribution in [3.63, 3.8) is 0 Å². The molecule has 1 aromatic carbocycles. The molecule has 1 aliphatic carbocycles. The fraction of sp³-hybridized carbons (Fsp3) is 0.588. The van der Waals surface area contributed by atoms with Gasteiger partial charge in [0.25, 0.3) is 0 Å². The van der Waals surface area contributed by atoms with Gasteiger partial charge < -0.3 is 14.2 Å². The van der Waals surface area contributed by atoms with Gasteiger partial charge in [-0.1, -0.05) is 30.3 Å². The minimum Gasteiger partial charge on any atom is -0.469 e. The minimum atomic E-state index is -0.450. The van der Waals surface area contributed by atoms with Crippen LogP contribution in [0.2, 0.25) is 0 Å². The molecule has 4 heteroatoms. The molecule has 114 valence electrons. The molecule has 2 aliphatic rings. The number of benzene rings is 1. The molecule has 0 N–H and O–H groups in total. The largest absolute Gasteiger partial charge is 0.469 e. The summed E-state index contributed by atoms with van der Waals surface area (Å²) < 4.78 is 16.6. The second-order valence-corrected chi connectivity index (χ2v) is 6.04. The van der Waals surface area contributed by atoms with Crippen LogP contribution in [-0.2, 0) is 25.4 Å². The van der Waals surface area contributed by atoms with E-state index in [1.807, 2.05) is 18.2 Å². The normalized spacial score (nSPS) is 23.1. The third-order valence-corrected chi connectivity index (χ3v) is 4.79. The Bertz CT molecular complexity index is 481. The molecule has 2 fully saturated rings. The van der Waals surface area contributed by atoms with Gasteiger partial charge in [0.2, 0.25) is 0 Å². The third-order valence-electron chi connectivity index (χ3n) is 4.79. The van der Waals surface area contributed by atoms with E-state index >= 15 is 0 Å². The molecular weight excluding hydrogens is 268 g/mol. The van der Waals surface area contributed by atoms with E-state index in [2.05, 4.69) is 12.1 Å². The van der Waals surface area contributed by atoms with Crippen molar-refractivity contribution in [1.29, 1.82) is 0 Å². The quantitative estimate of drug-likeness (QED) is 0.803. The predicted octanol–water partition coefficient (Wildman–Crippen LogP) is 2.71. The second kappa shape index (κ2) is 5.78. The maximum atomic E-state index is 12.4. The van der Waals surface area contributed by atoms with Gasteiger partial charge in [-0.3, -0.25) is 4.79 Å². The average molecular weight is 290 g/mol. The van der Waals surface area contributed by atoms with E-state index in [9.17, 15) is 4.79 Å². The zero-order valence-corrected chi connectivity index (χ0v) is 12.5. The summed E-state index contributed by atoms with van der Waals surface area (Å²) in [6.45, 7) is 1.31. The predicted molar refractivity (Wildman–Crippen MR) is 77.7 cm³/mol. The maximum Gasteiger partial charge on any atom is 0.312 e. The first-order valence-corrected chi connectivity index (χ1v) is 7.58. The van der Waals surface area contributed by atoms with Crippen LogP contribution < -0.4 is 0 Å². The van der Waals surface area contributed by atoms with E-state index in [1.54, 1.807) is 0 Å². The van der Waals surface area contributed by atoms with Gasteiger partial charge in [0.05, 0.1) is 25.7 Å². The summed E-state index contributed by atoms with van der Waals surface area (Å²) in [5.41, 5.74) is 0.725. The monoisotopic (exact) mass is 290 g/mol. The average Bonchev–Trinajstić information content (AvgIpc) is 2.99. The summed E-state index contributed by atoms with van der Waals surface area (Å²) in [5.74, 6) is -0.562. The Morgan fingerprint density at radius 3 is 2.29 bits per heavy atom. The smallest absolute Gasteiger partial charge is 0.312 e. The molecule has 0 aromatic heterocycles. The lowest BCUT2D eigenvalue weighted by molar-refractivity contribution is -0.198. The molecule has 4 nitrogen and oxygen atoms in total. The van der Waals surface area contributed by atoms with Crippen molar-refractivity contribution in [3.8, 4) is 0 Å². The first-order valence-electron chi connectivity index (χ1n) is 7.58. The van der Waals surface area contributed by atoms with Crippen molar-refractivity contribution in [2.75, 3.05) is 20.3 Å². The van der Waals surface area contributed by atoms with E-state index in [0.717, 1.165) is 32.1 Å². The lowest BCUT2D eigenvalue weighted by Gasteiger charge is -2.41. The molecule has 0 atom stereocenters. The molecule has 1 saturated heterocycles. The lowest BCUT2D eigenvalue weighted by atomic mass is 9.68. The van der Waals surface area contributed by atoms with Crippen LogP contribution in [0.25, 0.3) is 0 Å². The molecule has 1 aliphatic heterocycles. The van der Waals surface area contributed by atoms with Crippen molar-refractivity contribution < 1.29 is 19.0 Å². The van der Waals surface area contributed by atoms with Gasteiger partial charge in [-0.05, 0) is 24.8 Å². The number of carbonyl (C=O) groups excluding carboxylic acids is 1. The molecule has 0 radical (unpaired) electrons. The van der Waals surface area contributed by atoms with E-state index in [1.165, 1.54) is 12.7 Å². The number of methoxy groups -OCH3 is 1. The number of ether oxygens (including phenoxy) is 3. The third kappa shape index (κ3) is 2.83. The van der Waals surface area contributed by atoms with Gasteiger partial charge in [-0.25, -0.2) is 0 Å². The molecule has 0 amide bonds. The fourth-order valence-corrected chi connectivity index (χ4v) is 3.55. The molecule has 1 saturated carbocycles. The summed E-state index contributed by atoms with van der Waals surface area (Å²) in [5, 5.41) is 0. The highest BCUT2D eigenvalue weighted by atomic mass is 16.7. The van der Waals surface area contributed by atoms with Crippen LogP contribution in [0.15, 0.2) is 30.3 Å². The van der Waals surface area contributed by atoms with Crippen LogP contribution in [0.3, 0.4) is 0 Å². The molecule has 0 unspecified atom stereocenters. The summed E-state index contributed by atoms with van der Waals surface area (Å²) >= 11 is 0.